The Morgan fingerprint density at radius 1 is 1.42 bits per heavy atom. The van der Waals surface area contributed by atoms with Crippen LogP contribution in [-0.4, -0.2) is 6.04 Å². The van der Waals surface area contributed by atoms with E-state index in [0.29, 0.717) is 12.1 Å². The first-order chi connectivity index (χ1) is 9.20. The SMILES string of the molecule is C=CCC(NC1CCCCC1C)c1cccc(Cl)c1. The predicted octanol–water partition coefficient (Wildman–Crippen LogP) is 5.13. The number of benzene rings is 1. The van der Waals surface area contributed by atoms with E-state index in [1.807, 2.05) is 18.2 Å². The van der Waals surface area contributed by atoms with Gasteiger partial charge in [0, 0.05) is 17.1 Å². The summed E-state index contributed by atoms with van der Waals surface area (Å²) in [5.41, 5.74) is 1.27. The minimum absolute atomic E-state index is 0.335. The van der Waals surface area contributed by atoms with Crippen LogP contribution in [0.1, 0.15) is 50.6 Å². The largest absolute Gasteiger partial charge is 0.307 e. The first-order valence-corrected chi connectivity index (χ1v) is 7.71. The van der Waals surface area contributed by atoms with Gasteiger partial charge in [-0.15, -0.1) is 6.58 Å². The lowest BCUT2D eigenvalue weighted by Gasteiger charge is -2.33. The average Bonchev–Trinajstić information content (AvgIpc) is 2.40. The molecule has 0 aliphatic heterocycles. The third-order valence-electron chi connectivity index (χ3n) is 4.18. The van der Waals surface area contributed by atoms with Gasteiger partial charge in [-0.05, 0) is 42.9 Å². The molecule has 0 spiro atoms. The van der Waals surface area contributed by atoms with Crippen LogP contribution in [0.15, 0.2) is 36.9 Å². The van der Waals surface area contributed by atoms with Crippen LogP contribution in [0.3, 0.4) is 0 Å². The fraction of sp³-hybridized carbons (Fsp3) is 0.529. The molecule has 1 nitrogen and oxygen atoms in total. The molecule has 19 heavy (non-hydrogen) atoms. The van der Waals surface area contributed by atoms with Gasteiger partial charge in [-0.2, -0.15) is 0 Å². The van der Waals surface area contributed by atoms with Crippen molar-refractivity contribution in [3.05, 3.63) is 47.5 Å². The van der Waals surface area contributed by atoms with Crippen molar-refractivity contribution >= 4 is 11.6 Å². The third kappa shape index (κ3) is 4.09. The van der Waals surface area contributed by atoms with Gasteiger partial charge in [0.1, 0.15) is 0 Å². The first-order valence-electron chi connectivity index (χ1n) is 7.33. The van der Waals surface area contributed by atoms with E-state index in [1.165, 1.54) is 31.2 Å². The molecule has 1 aliphatic rings. The summed E-state index contributed by atoms with van der Waals surface area (Å²) in [5, 5.41) is 4.63. The molecule has 104 valence electrons. The van der Waals surface area contributed by atoms with Crippen LogP contribution in [0, 0.1) is 5.92 Å². The lowest BCUT2D eigenvalue weighted by Crippen LogP contribution is -2.39. The summed E-state index contributed by atoms with van der Waals surface area (Å²) < 4.78 is 0. The van der Waals surface area contributed by atoms with E-state index in [9.17, 15) is 0 Å². The maximum atomic E-state index is 6.11. The van der Waals surface area contributed by atoms with Crippen LogP contribution in [0.4, 0.5) is 0 Å². The van der Waals surface area contributed by atoms with Crippen LogP contribution in [-0.2, 0) is 0 Å². The zero-order chi connectivity index (χ0) is 13.7. The second-order valence-corrected chi connectivity index (χ2v) is 6.10. The van der Waals surface area contributed by atoms with Crippen molar-refractivity contribution in [2.75, 3.05) is 0 Å². The van der Waals surface area contributed by atoms with Gasteiger partial charge in [-0.1, -0.05) is 49.6 Å². The van der Waals surface area contributed by atoms with Gasteiger partial charge >= 0.3 is 0 Å². The van der Waals surface area contributed by atoms with Crippen LogP contribution >= 0.6 is 11.6 Å². The minimum Gasteiger partial charge on any atom is -0.307 e. The summed E-state index contributed by atoms with van der Waals surface area (Å²) in [5.74, 6) is 0.764. The molecule has 2 rings (SSSR count). The van der Waals surface area contributed by atoms with Crippen LogP contribution in [0.25, 0.3) is 0 Å². The zero-order valence-electron chi connectivity index (χ0n) is 11.7. The highest BCUT2D eigenvalue weighted by atomic mass is 35.5. The standard InChI is InChI=1S/C17H24ClN/c1-3-7-17(14-9-6-10-15(18)12-14)19-16-11-5-4-8-13(16)2/h3,6,9-10,12-13,16-17,19H,1,4-5,7-8,11H2,2H3. The molecule has 1 aliphatic carbocycles. The second kappa shape index (κ2) is 7.12. The van der Waals surface area contributed by atoms with E-state index in [0.717, 1.165) is 17.4 Å². The number of hydrogen-bond acceptors (Lipinski definition) is 1. The summed E-state index contributed by atoms with van der Waals surface area (Å²) in [6, 6.07) is 9.13. The molecular formula is C17H24ClN. The quantitative estimate of drug-likeness (QED) is 0.736. The average molecular weight is 278 g/mol. The molecule has 1 saturated carbocycles. The topological polar surface area (TPSA) is 12.0 Å². The van der Waals surface area contributed by atoms with E-state index in [-0.39, 0.29) is 0 Å². The molecule has 1 N–H and O–H groups in total. The van der Waals surface area contributed by atoms with Crippen LogP contribution in [0.5, 0.6) is 0 Å². The van der Waals surface area contributed by atoms with Crippen molar-refractivity contribution in [2.24, 2.45) is 5.92 Å². The number of halogens is 1. The molecule has 0 bridgehead atoms. The lowest BCUT2D eigenvalue weighted by molar-refractivity contribution is 0.258. The van der Waals surface area contributed by atoms with E-state index in [4.69, 9.17) is 11.6 Å². The van der Waals surface area contributed by atoms with E-state index >= 15 is 0 Å². The molecule has 3 atom stereocenters. The minimum atomic E-state index is 0.335. The van der Waals surface area contributed by atoms with Gasteiger partial charge < -0.3 is 5.32 Å². The third-order valence-corrected chi connectivity index (χ3v) is 4.42. The first kappa shape index (κ1) is 14.6. The molecule has 0 heterocycles. The van der Waals surface area contributed by atoms with E-state index < -0.39 is 0 Å². The molecule has 0 aromatic heterocycles. The monoisotopic (exact) mass is 277 g/mol. The summed E-state index contributed by atoms with van der Waals surface area (Å²) in [6.45, 7) is 6.25. The Kier molecular flexibility index (Phi) is 5.47. The molecule has 0 amide bonds. The van der Waals surface area contributed by atoms with Gasteiger partial charge in [-0.25, -0.2) is 0 Å². The Balaban J connectivity index is 2.09. The molecule has 0 radical (unpaired) electrons. The Hall–Kier alpha value is -0.790. The van der Waals surface area contributed by atoms with E-state index in [2.05, 4.69) is 31.0 Å². The molecule has 1 aromatic carbocycles. The van der Waals surface area contributed by atoms with Crippen LogP contribution in [0.2, 0.25) is 5.02 Å². The van der Waals surface area contributed by atoms with Crippen molar-refractivity contribution < 1.29 is 0 Å². The smallest absolute Gasteiger partial charge is 0.0409 e. The van der Waals surface area contributed by atoms with Crippen molar-refractivity contribution in [3.8, 4) is 0 Å². The maximum absolute atomic E-state index is 6.11. The summed E-state index contributed by atoms with van der Waals surface area (Å²) in [7, 11) is 0. The van der Waals surface area contributed by atoms with Gasteiger partial charge in [0.15, 0.2) is 0 Å². The molecular weight excluding hydrogens is 254 g/mol. The second-order valence-electron chi connectivity index (χ2n) is 5.67. The molecule has 1 fully saturated rings. The van der Waals surface area contributed by atoms with Crippen molar-refractivity contribution in [3.63, 3.8) is 0 Å². The fourth-order valence-electron chi connectivity index (χ4n) is 3.01. The Morgan fingerprint density at radius 3 is 2.89 bits per heavy atom. The van der Waals surface area contributed by atoms with Crippen molar-refractivity contribution in [1.82, 2.24) is 5.32 Å². The van der Waals surface area contributed by atoms with Gasteiger partial charge in [-0.3, -0.25) is 0 Å². The van der Waals surface area contributed by atoms with Gasteiger partial charge in [0.2, 0.25) is 0 Å². The van der Waals surface area contributed by atoms with E-state index in [1.54, 1.807) is 0 Å². The Morgan fingerprint density at radius 2 is 2.21 bits per heavy atom. The van der Waals surface area contributed by atoms with Crippen LogP contribution < -0.4 is 5.32 Å². The summed E-state index contributed by atoms with van der Waals surface area (Å²) in [4.78, 5) is 0. The van der Waals surface area contributed by atoms with Gasteiger partial charge in [0.25, 0.3) is 0 Å². The normalized spacial score (nSPS) is 24.9. The highest BCUT2D eigenvalue weighted by molar-refractivity contribution is 6.30. The predicted molar refractivity (Wildman–Crippen MR) is 83.6 cm³/mol. The number of nitrogens with one attached hydrogen (secondary N) is 1. The molecule has 0 saturated heterocycles. The summed E-state index contributed by atoms with van der Waals surface area (Å²) >= 11 is 6.11. The zero-order valence-corrected chi connectivity index (χ0v) is 12.5. The highest BCUT2D eigenvalue weighted by Crippen LogP contribution is 2.28. The summed E-state index contributed by atoms with van der Waals surface area (Å²) in [6.07, 6.45) is 8.29. The Labute approximate surface area is 122 Å². The molecule has 1 aromatic rings. The maximum Gasteiger partial charge on any atom is 0.0409 e. The fourth-order valence-corrected chi connectivity index (χ4v) is 3.21. The lowest BCUT2D eigenvalue weighted by atomic mass is 9.85. The Bertz CT molecular complexity index is 415. The van der Waals surface area contributed by atoms with Crippen molar-refractivity contribution in [1.29, 1.82) is 0 Å². The molecule has 3 unspecified atom stereocenters. The number of hydrogen-bond donors (Lipinski definition) is 1. The van der Waals surface area contributed by atoms with Crippen molar-refractivity contribution in [2.45, 2.75) is 51.1 Å². The molecule has 2 heteroatoms. The highest BCUT2D eigenvalue weighted by Gasteiger charge is 2.24. The number of rotatable bonds is 5. The van der Waals surface area contributed by atoms with Gasteiger partial charge in [0.05, 0.1) is 0 Å².